The Labute approximate surface area is 192 Å². The van der Waals surface area contributed by atoms with Crippen molar-refractivity contribution in [2.75, 3.05) is 6.54 Å². The van der Waals surface area contributed by atoms with Crippen LogP contribution >= 0.6 is 12.4 Å². The standard InChI is InChI=1S/C22H27N5O4.ClH/c1-22(2,21(31)26-12-14-8-10-16(11-9-14)19(23)24)27-20(30)18(25-13-17(28)29)15-6-4-3-5-7-15;/h3-11,18,25H,12-13H2,1-2H3,(H3,23,24)(H,26,31)(H,27,30)(H,28,29);1H/t18-;/m1./s1. The molecule has 0 bridgehead atoms. The first-order valence-corrected chi connectivity index (χ1v) is 9.64. The summed E-state index contributed by atoms with van der Waals surface area (Å²) in [6.07, 6.45) is 0. The number of amides is 2. The average molecular weight is 462 g/mol. The molecule has 0 aliphatic carbocycles. The lowest BCUT2D eigenvalue weighted by Crippen LogP contribution is -2.56. The molecule has 10 heteroatoms. The van der Waals surface area contributed by atoms with Crippen molar-refractivity contribution in [3.8, 4) is 0 Å². The maximum Gasteiger partial charge on any atom is 0.317 e. The van der Waals surface area contributed by atoms with Gasteiger partial charge in [-0.25, -0.2) is 0 Å². The molecule has 0 aromatic heterocycles. The zero-order valence-corrected chi connectivity index (χ0v) is 18.7. The van der Waals surface area contributed by atoms with Gasteiger partial charge in [0.15, 0.2) is 0 Å². The fourth-order valence-corrected chi connectivity index (χ4v) is 2.84. The number of nitrogens with two attached hydrogens (primary N) is 1. The highest BCUT2D eigenvalue weighted by molar-refractivity contribution is 5.95. The number of nitrogen functional groups attached to an aromatic ring is 1. The maximum atomic E-state index is 12.9. The topological polar surface area (TPSA) is 157 Å². The third-order valence-electron chi connectivity index (χ3n) is 4.57. The molecule has 9 nitrogen and oxygen atoms in total. The van der Waals surface area contributed by atoms with Crippen LogP contribution in [0.4, 0.5) is 0 Å². The molecule has 0 spiro atoms. The maximum absolute atomic E-state index is 12.9. The number of benzene rings is 2. The van der Waals surface area contributed by atoms with Gasteiger partial charge in [-0.1, -0.05) is 54.6 Å². The van der Waals surface area contributed by atoms with Crippen LogP contribution in [0.2, 0.25) is 0 Å². The summed E-state index contributed by atoms with van der Waals surface area (Å²) in [7, 11) is 0. The highest BCUT2D eigenvalue weighted by atomic mass is 35.5. The Morgan fingerprint density at radius 3 is 2.19 bits per heavy atom. The summed E-state index contributed by atoms with van der Waals surface area (Å²) in [6, 6.07) is 14.6. The molecule has 32 heavy (non-hydrogen) atoms. The third-order valence-corrected chi connectivity index (χ3v) is 4.57. The first kappa shape index (κ1) is 26.6. The smallest absolute Gasteiger partial charge is 0.317 e. The number of amidine groups is 1. The van der Waals surface area contributed by atoms with Crippen molar-refractivity contribution in [1.82, 2.24) is 16.0 Å². The van der Waals surface area contributed by atoms with Crippen LogP contribution in [0.15, 0.2) is 54.6 Å². The fourth-order valence-electron chi connectivity index (χ4n) is 2.84. The third kappa shape index (κ3) is 7.68. The number of halogens is 1. The van der Waals surface area contributed by atoms with E-state index in [1.165, 1.54) is 0 Å². The molecule has 2 aromatic carbocycles. The summed E-state index contributed by atoms with van der Waals surface area (Å²) < 4.78 is 0. The van der Waals surface area contributed by atoms with Gasteiger partial charge < -0.3 is 21.5 Å². The minimum atomic E-state index is -1.24. The molecular weight excluding hydrogens is 434 g/mol. The van der Waals surface area contributed by atoms with E-state index in [9.17, 15) is 14.4 Å². The molecule has 0 saturated carbocycles. The van der Waals surface area contributed by atoms with Gasteiger partial charge in [-0.2, -0.15) is 0 Å². The van der Waals surface area contributed by atoms with Gasteiger partial charge in [-0.05, 0) is 25.0 Å². The number of carbonyl (C=O) groups excluding carboxylic acids is 2. The van der Waals surface area contributed by atoms with Crippen molar-refractivity contribution in [3.05, 3.63) is 71.3 Å². The quantitative estimate of drug-likeness (QED) is 0.231. The van der Waals surface area contributed by atoms with Gasteiger partial charge in [0, 0.05) is 12.1 Å². The molecule has 172 valence electrons. The summed E-state index contributed by atoms with van der Waals surface area (Å²) in [6.45, 7) is 2.96. The van der Waals surface area contributed by atoms with Gasteiger partial charge in [-0.15, -0.1) is 12.4 Å². The molecule has 7 N–H and O–H groups in total. The lowest BCUT2D eigenvalue weighted by molar-refractivity contribution is -0.137. The van der Waals surface area contributed by atoms with Crippen LogP contribution in [0.1, 0.15) is 36.6 Å². The second kappa shape index (κ2) is 11.8. The molecule has 2 amide bonds. The summed E-state index contributed by atoms with van der Waals surface area (Å²) in [5.74, 6) is -2.05. The largest absolute Gasteiger partial charge is 0.480 e. The second-order valence-electron chi connectivity index (χ2n) is 7.53. The summed E-state index contributed by atoms with van der Waals surface area (Å²) >= 11 is 0. The summed E-state index contributed by atoms with van der Waals surface area (Å²) in [5.41, 5.74) is 6.17. The first-order chi connectivity index (χ1) is 14.6. The van der Waals surface area contributed by atoms with Gasteiger partial charge in [0.05, 0.1) is 6.54 Å². The Kier molecular flexibility index (Phi) is 9.83. The number of carboxylic acid groups (broad SMARTS) is 1. The van der Waals surface area contributed by atoms with Crippen LogP contribution in [0.5, 0.6) is 0 Å². The van der Waals surface area contributed by atoms with Crippen molar-refractivity contribution in [3.63, 3.8) is 0 Å². The highest BCUT2D eigenvalue weighted by Gasteiger charge is 2.32. The normalized spacial score (nSPS) is 11.6. The van der Waals surface area contributed by atoms with E-state index in [0.717, 1.165) is 5.56 Å². The lowest BCUT2D eigenvalue weighted by Gasteiger charge is -2.28. The number of nitrogens with one attached hydrogen (secondary N) is 4. The molecule has 2 aromatic rings. The van der Waals surface area contributed by atoms with E-state index in [2.05, 4.69) is 16.0 Å². The summed E-state index contributed by atoms with van der Waals surface area (Å²) in [4.78, 5) is 36.5. The van der Waals surface area contributed by atoms with Crippen LogP contribution in [0.3, 0.4) is 0 Å². The Bertz CT molecular complexity index is 949. The van der Waals surface area contributed by atoms with Crippen LogP contribution in [-0.4, -0.2) is 40.8 Å². The number of rotatable bonds is 10. The van der Waals surface area contributed by atoms with E-state index in [0.29, 0.717) is 11.1 Å². The Balaban J connectivity index is 0.00000512. The fraction of sp³-hybridized carbons (Fsp3) is 0.273. The molecule has 0 heterocycles. The van der Waals surface area contributed by atoms with Crippen LogP contribution in [-0.2, 0) is 20.9 Å². The van der Waals surface area contributed by atoms with E-state index in [1.54, 1.807) is 68.4 Å². The molecule has 0 fully saturated rings. The minimum Gasteiger partial charge on any atom is -0.480 e. The number of carboxylic acids is 1. The van der Waals surface area contributed by atoms with Gasteiger partial charge in [0.25, 0.3) is 0 Å². The number of carbonyl (C=O) groups is 3. The molecule has 0 aliphatic heterocycles. The number of aliphatic carboxylic acids is 1. The van der Waals surface area contributed by atoms with Crippen molar-refractivity contribution in [2.24, 2.45) is 5.73 Å². The van der Waals surface area contributed by atoms with E-state index in [4.69, 9.17) is 16.2 Å². The van der Waals surface area contributed by atoms with Crippen molar-refractivity contribution < 1.29 is 19.5 Å². The lowest BCUT2D eigenvalue weighted by atomic mass is 10.0. The van der Waals surface area contributed by atoms with Gasteiger partial charge in [0.2, 0.25) is 11.8 Å². The monoisotopic (exact) mass is 461 g/mol. The Morgan fingerprint density at radius 2 is 1.66 bits per heavy atom. The molecule has 1 atom stereocenters. The average Bonchev–Trinajstić information content (AvgIpc) is 2.72. The van der Waals surface area contributed by atoms with E-state index >= 15 is 0 Å². The van der Waals surface area contributed by atoms with Gasteiger partial charge in [-0.3, -0.25) is 25.1 Å². The zero-order chi connectivity index (χ0) is 23.0. The Hall–Kier alpha value is -3.43. The first-order valence-electron chi connectivity index (χ1n) is 9.64. The number of hydrogen-bond acceptors (Lipinski definition) is 5. The minimum absolute atomic E-state index is 0. The predicted octanol–water partition coefficient (Wildman–Crippen LogP) is 1.32. The van der Waals surface area contributed by atoms with E-state index < -0.39 is 35.9 Å². The van der Waals surface area contributed by atoms with Crippen molar-refractivity contribution in [2.45, 2.75) is 32.0 Å². The van der Waals surface area contributed by atoms with Gasteiger partial charge >= 0.3 is 5.97 Å². The molecule has 0 saturated heterocycles. The highest BCUT2D eigenvalue weighted by Crippen LogP contribution is 2.15. The number of hydrogen-bond donors (Lipinski definition) is 6. The zero-order valence-electron chi connectivity index (χ0n) is 17.8. The SMILES string of the molecule is CC(C)(NC(=O)[C@H](NCC(=O)O)c1ccccc1)C(=O)NCc1ccc(C(=N)N)cc1.Cl. The van der Waals surface area contributed by atoms with Crippen LogP contribution in [0.25, 0.3) is 0 Å². The van der Waals surface area contributed by atoms with Crippen LogP contribution in [0, 0.1) is 5.41 Å². The van der Waals surface area contributed by atoms with E-state index in [-0.39, 0.29) is 24.8 Å². The molecule has 0 unspecified atom stereocenters. The van der Waals surface area contributed by atoms with E-state index in [1.807, 2.05) is 0 Å². The predicted molar refractivity (Wildman–Crippen MR) is 124 cm³/mol. The second-order valence-corrected chi connectivity index (χ2v) is 7.53. The Morgan fingerprint density at radius 1 is 1.06 bits per heavy atom. The molecular formula is C22H28ClN5O4. The molecule has 0 radical (unpaired) electrons. The van der Waals surface area contributed by atoms with Crippen molar-refractivity contribution >= 4 is 36.0 Å². The molecule has 2 rings (SSSR count). The molecule has 0 aliphatic rings. The van der Waals surface area contributed by atoms with Crippen molar-refractivity contribution in [1.29, 1.82) is 5.41 Å². The van der Waals surface area contributed by atoms with Crippen LogP contribution < -0.4 is 21.7 Å². The summed E-state index contributed by atoms with van der Waals surface area (Å²) in [5, 5.41) is 24.5. The van der Waals surface area contributed by atoms with Gasteiger partial charge in [0.1, 0.15) is 17.4 Å².